The van der Waals surface area contributed by atoms with E-state index in [4.69, 9.17) is 0 Å². The Morgan fingerprint density at radius 2 is 1.89 bits per heavy atom. The van der Waals surface area contributed by atoms with Gasteiger partial charge in [-0.3, -0.25) is 4.90 Å². The molecule has 1 atom stereocenters. The van der Waals surface area contributed by atoms with E-state index in [1.165, 1.54) is 43.4 Å². The largest absolute Gasteiger partial charge is 0.296 e. The van der Waals surface area contributed by atoms with Crippen LogP contribution in [0.2, 0.25) is 0 Å². The van der Waals surface area contributed by atoms with E-state index in [0.717, 1.165) is 12.6 Å². The van der Waals surface area contributed by atoms with Crippen LogP contribution in [-0.4, -0.2) is 17.5 Å². The molecule has 0 saturated carbocycles. The Hall–Kier alpha value is -0.820. The second kappa shape index (κ2) is 6.38. The van der Waals surface area contributed by atoms with E-state index in [-0.39, 0.29) is 0 Å². The van der Waals surface area contributed by atoms with Crippen LogP contribution in [0.3, 0.4) is 0 Å². The highest BCUT2D eigenvalue weighted by Gasteiger charge is 2.20. The number of benzene rings is 1. The van der Waals surface area contributed by atoms with Gasteiger partial charge in [0.2, 0.25) is 0 Å². The summed E-state index contributed by atoms with van der Waals surface area (Å²) >= 11 is 0. The summed E-state index contributed by atoms with van der Waals surface area (Å²) in [4.78, 5) is 2.67. The van der Waals surface area contributed by atoms with Crippen molar-refractivity contribution in [1.82, 2.24) is 4.90 Å². The summed E-state index contributed by atoms with van der Waals surface area (Å²) in [6, 6.07) is 10.0. The minimum atomic E-state index is 0.637. The van der Waals surface area contributed by atoms with Gasteiger partial charge >= 0.3 is 0 Å². The van der Waals surface area contributed by atoms with E-state index < -0.39 is 0 Å². The molecule has 100 valence electrons. The van der Waals surface area contributed by atoms with Crippen LogP contribution in [-0.2, 0) is 6.54 Å². The summed E-state index contributed by atoms with van der Waals surface area (Å²) in [5, 5.41) is 0. The summed E-state index contributed by atoms with van der Waals surface area (Å²) in [6.45, 7) is 9.26. The zero-order valence-corrected chi connectivity index (χ0v) is 12.2. The Labute approximate surface area is 112 Å². The van der Waals surface area contributed by atoms with E-state index >= 15 is 0 Å². The minimum Gasteiger partial charge on any atom is -0.296 e. The molecule has 1 aromatic carbocycles. The number of nitrogens with zero attached hydrogens (tertiary/aromatic N) is 1. The molecule has 1 aromatic rings. The van der Waals surface area contributed by atoms with Gasteiger partial charge < -0.3 is 0 Å². The molecule has 1 heteroatoms. The predicted molar refractivity (Wildman–Crippen MR) is 78.9 cm³/mol. The lowest BCUT2D eigenvalue weighted by molar-refractivity contribution is 0.136. The molecular formula is C17H27N. The highest BCUT2D eigenvalue weighted by atomic mass is 15.2. The molecular weight excluding hydrogens is 218 g/mol. The second-order valence-electron chi connectivity index (χ2n) is 5.92. The Balaban J connectivity index is 1.99. The highest BCUT2D eigenvalue weighted by Crippen LogP contribution is 2.22. The average Bonchev–Trinajstić information content (AvgIpc) is 2.40. The summed E-state index contributed by atoms with van der Waals surface area (Å²) in [7, 11) is 0. The van der Waals surface area contributed by atoms with Gasteiger partial charge in [0.15, 0.2) is 0 Å². The van der Waals surface area contributed by atoms with Crippen molar-refractivity contribution in [2.75, 3.05) is 6.54 Å². The fourth-order valence-corrected chi connectivity index (χ4v) is 2.97. The molecule has 1 heterocycles. The minimum absolute atomic E-state index is 0.637. The Morgan fingerprint density at radius 3 is 2.50 bits per heavy atom. The number of rotatable bonds is 4. The third-order valence-corrected chi connectivity index (χ3v) is 4.25. The molecule has 1 saturated heterocycles. The van der Waals surface area contributed by atoms with Gasteiger partial charge in [-0.2, -0.15) is 0 Å². The molecule has 1 aliphatic rings. The molecule has 2 rings (SSSR count). The lowest BCUT2D eigenvalue weighted by atomic mass is 9.98. The fraction of sp³-hybridized carbons (Fsp3) is 0.647. The van der Waals surface area contributed by atoms with Crippen LogP contribution in [0.4, 0.5) is 0 Å². The molecule has 18 heavy (non-hydrogen) atoms. The van der Waals surface area contributed by atoms with Gasteiger partial charge in [-0.15, -0.1) is 0 Å². The molecule has 0 amide bonds. The van der Waals surface area contributed by atoms with Gasteiger partial charge in [0.25, 0.3) is 0 Å². The van der Waals surface area contributed by atoms with Gasteiger partial charge in [-0.05, 0) is 42.9 Å². The van der Waals surface area contributed by atoms with Crippen LogP contribution in [0.15, 0.2) is 24.3 Å². The molecule has 0 N–H and O–H groups in total. The van der Waals surface area contributed by atoms with Crippen LogP contribution in [0, 0.1) is 0 Å². The lowest BCUT2D eigenvalue weighted by Gasteiger charge is -2.35. The molecule has 0 radical (unpaired) electrons. The summed E-state index contributed by atoms with van der Waals surface area (Å²) in [5.41, 5.74) is 2.92. The normalized spacial score (nSPS) is 21.4. The van der Waals surface area contributed by atoms with E-state index in [9.17, 15) is 0 Å². The molecule has 0 bridgehead atoms. The molecule has 0 spiro atoms. The summed E-state index contributed by atoms with van der Waals surface area (Å²) in [5.74, 6) is 0.637. The number of hydrogen-bond acceptors (Lipinski definition) is 1. The van der Waals surface area contributed by atoms with Crippen molar-refractivity contribution in [2.24, 2.45) is 0 Å². The standard InChI is InChI=1S/C17H27N/c1-4-17-7-5-6-12-18(17)13-15-8-10-16(11-9-15)14(2)3/h8-11,14,17H,4-7,12-13H2,1-3H3. The zero-order chi connectivity index (χ0) is 13.0. The summed E-state index contributed by atoms with van der Waals surface area (Å²) in [6.07, 6.45) is 5.48. The zero-order valence-electron chi connectivity index (χ0n) is 12.2. The third kappa shape index (κ3) is 3.35. The molecule has 0 aliphatic carbocycles. The molecule has 1 unspecified atom stereocenters. The first-order chi connectivity index (χ1) is 8.70. The van der Waals surface area contributed by atoms with Crippen molar-refractivity contribution >= 4 is 0 Å². The van der Waals surface area contributed by atoms with E-state index in [1.807, 2.05) is 0 Å². The smallest absolute Gasteiger partial charge is 0.0236 e. The molecule has 1 fully saturated rings. The van der Waals surface area contributed by atoms with Crippen molar-refractivity contribution in [3.8, 4) is 0 Å². The molecule has 0 aromatic heterocycles. The van der Waals surface area contributed by atoms with Crippen molar-refractivity contribution < 1.29 is 0 Å². The molecule has 1 nitrogen and oxygen atoms in total. The van der Waals surface area contributed by atoms with Gasteiger partial charge in [0.1, 0.15) is 0 Å². The van der Waals surface area contributed by atoms with Gasteiger partial charge in [-0.25, -0.2) is 0 Å². The van der Waals surface area contributed by atoms with Crippen LogP contribution in [0.1, 0.15) is 63.5 Å². The topological polar surface area (TPSA) is 3.24 Å². The van der Waals surface area contributed by atoms with Crippen molar-refractivity contribution in [3.63, 3.8) is 0 Å². The first-order valence-electron chi connectivity index (χ1n) is 7.53. The van der Waals surface area contributed by atoms with Crippen molar-refractivity contribution in [2.45, 2.75) is 65.0 Å². The van der Waals surface area contributed by atoms with Gasteiger partial charge in [-0.1, -0.05) is 51.5 Å². The average molecular weight is 245 g/mol. The van der Waals surface area contributed by atoms with Crippen LogP contribution in [0.5, 0.6) is 0 Å². The van der Waals surface area contributed by atoms with Crippen LogP contribution in [0.25, 0.3) is 0 Å². The monoisotopic (exact) mass is 245 g/mol. The third-order valence-electron chi connectivity index (χ3n) is 4.25. The Morgan fingerprint density at radius 1 is 1.17 bits per heavy atom. The number of likely N-dealkylation sites (tertiary alicyclic amines) is 1. The maximum atomic E-state index is 2.67. The van der Waals surface area contributed by atoms with E-state index in [1.54, 1.807) is 0 Å². The Bertz CT molecular complexity index is 352. The number of hydrogen-bond donors (Lipinski definition) is 0. The first kappa shape index (κ1) is 13.6. The quantitative estimate of drug-likeness (QED) is 0.751. The fourth-order valence-electron chi connectivity index (χ4n) is 2.97. The van der Waals surface area contributed by atoms with Crippen molar-refractivity contribution in [1.29, 1.82) is 0 Å². The Kier molecular flexibility index (Phi) is 4.82. The maximum absolute atomic E-state index is 2.67. The maximum Gasteiger partial charge on any atom is 0.0236 e. The summed E-state index contributed by atoms with van der Waals surface area (Å²) < 4.78 is 0. The number of piperidine rings is 1. The predicted octanol–water partition coefficient (Wildman–Crippen LogP) is 4.57. The highest BCUT2D eigenvalue weighted by molar-refractivity contribution is 5.24. The van der Waals surface area contributed by atoms with E-state index in [0.29, 0.717) is 5.92 Å². The first-order valence-corrected chi connectivity index (χ1v) is 7.53. The lowest BCUT2D eigenvalue weighted by Crippen LogP contribution is -2.38. The van der Waals surface area contributed by atoms with Crippen LogP contribution < -0.4 is 0 Å². The van der Waals surface area contributed by atoms with E-state index in [2.05, 4.69) is 49.9 Å². The van der Waals surface area contributed by atoms with Crippen molar-refractivity contribution in [3.05, 3.63) is 35.4 Å². The second-order valence-corrected chi connectivity index (χ2v) is 5.92. The van der Waals surface area contributed by atoms with Gasteiger partial charge in [0.05, 0.1) is 0 Å². The van der Waals surface area contributed by atoms with Crippen LogP contribution >= 0.6 is 0 Å². The SMILES string of the molecule is CCC1CCCCN1Cc1ccc(C(C)C)cc1. The van der Waals surface area contributed by atoms with Gasteiger partial charge in [0, 0.05) is 12.6 Å². The molecule has 1 aliphatic heterocycles.